The molecule has 1 aromatic rings. The number of nitrogens with zero attached hydrogens (tertiary/aromatic N) is 1. The summed E-state index contributed by atoms with van der Waals surface area (Å²) in [5, 5.41) is 0. The van der Waals surface area contributed by atoms with E-state index in [1.807, 2.05) is 0 Å². The summed E-state index contributed by atoms with van der Waals surface area (Å²) >= 11 is 3.27. The number of carbonyl (C=O) groups excluding carboxylic acids is 2. The summed E-state index contributed by atoms with van der Waals surface area (Å²) in [6.07, 6.45) is 2.21. The minimum absolute atomic E-state index is 0.00736. The van der Waals surface area contributed by atoms with Gasteiger partial charge in [0.1, 0.15) is 0 Å². The zero-order valence-corrected chi connectivity index (χ0v) is 15.4. The number of sulfone groups is 1. The fourth-order valence-corrected chi connectivity index (χ4v) is 5.12. The largest absolute Gasteiger partial charge is 0.452 e. The van der Waals surface area contributed by atoms with Crippen molar-refractivity contribution < 1.29 is 22.7 Å². The third kappa shape index (κ3) is 3.97. The van der Waals surface area contributed by atoms with Crippen LogP contribution in [0.1, 0.15) is 29.6 Å². The molecule has 0 unspecified atom stereocenters. The predicted octanol–water partition coefficient (Wildman–Crippen LogP) is 1.78. The van der Waals surface area contributed by atoms with Crippen LogP contribution in [0.2, 0.25) is 0 Å². The Morgan fingerprint density at radius 1 is 1.17 bits per heavy atom. The first kappa shape index (κ1) is 17.4. The van der Waals surface area contributed by atoms with Crippen molar-refractivity contribution in [3.05, 3.63) is 34.3 Å². The molecule has 1 heterocycles. The summed E-state index contributed by atoms with van der Waals surface area (Å²) in [5.74, 6) is -0.774. The standard InChI is InChI=1S/C16H18BrNO5S/c17-14-4-2-1-3-13(14)16(20)23-9-15(19)18(11-5-6-11)12-7-8-24(21,22)10-12/h1-4,11-12H,5-10H2/t12-/m1/s1. The molecule has 0 radical (unpaired) electrons. The molecule has 1 saturated heterocycles. The van der Waals surface area contributed by atoms with Crippen LogP contribution in [0, 0.1) is 0 Å². The first-order chi connectivity index (χ1) is 11.4. The molecule has 2 fully saturated rings. The van der Waals surface area contributed by atoms with Crippen LogP contribution in [0.5, 0.6) is 0 Å². The van der Waals surface area contributed by atoms with Crippen LogP contribution in [-0.2, 0) is 19.4 Å². The molecule has 2 aliphatic rings. The van der Waals surface area contributed by atoms with E-state index in [0.29, 0.717) is 16.5 Å². The van der Waals surface area contributed by atoms with Gasteiger partial charge in [0.25, 0.3) is 5.91 Å². The van der Waals surface area contributed by atoms with Crippen LogP contribution >= 0.6 is 15.9 Å². The molecule has 1 saturated carbocycles. The monoisotopic (exact) mass is 415 g/mol. The van der Waals surface area contributed by atoms with Crippen LogP contribution < -0.4 is 0 Å². The molecule has 0 spiro atoms. The summed E-state index contributed by atoms with van der Waals surface area (Å²) in [7, 11) is -3.07. The van der Waals surface area contributed by atoms with Gasteiger partial charge in [0.2, 0.25) is 0 Å². The minimum Gasteiger partial charge on any atom is -0.452 e. The quantitative estimate of drug-likeness (QED) is 0.684. The lowest BCUT2D eigenvalue weighted by Gasteiger charge is -2.28. The van der Waals surface area contributed by atoms with Gasteiger partial charge in [-0.25, -0.2) is 13.2 Å². The molecule has 130 valence electrons. The number of esters is 1. The number of amides is 1. The van der Waals surface area contributed by atoms with E-state index in [2.05, 4.69) is 15.9 Å². The molecule has 1 aromatic carbocycles. The second-order valence-electron chi connectivity index (χ2n) is 6.15. The Hall–Kier alpha value is -1.41. The fraction of sp³-hybridized carbons (Fsp3) is 0.500. The van der Waals surface area contributed by atoms with Gasteiger partial charge in [-0.05, 0) is 47.3 Å². The maximum atomic E-state index is 12.5. The van der Waals surface area contributed by atoms with Crippen LogP contribution in [0.15, 0.2) is 28.7 Å². The van der Waals surface area contributed by atoms with Crippen molar-refractivity contribution in [1.82, 2.24) is 4.90 Å². The zero-order chi connectivity index (χ0) is 17.3. The lowest BCUT2D eigenvalue weighted by Crippen LogP contribution is -2.44. The van der Waals surface area contributed by atoms with Crippen molar-refractivity contribution in [2.45, 2.75) is 31.3 Å². The Bertz CT molecular complexity index is 759. The molecule has 0 bridgehead atoms. The average molecular weight is 416 g/mol. The molecule has 1 aliphatic heterocycles. The van der Waals surface area contributed by atoms with E-state index in [4.69, 9.17) is 4.74 Å². The van der Waals surface area contributed by atoms with E-state index >= 15 is 0 Å². The summed E-state index contributed by atoms with van der Waals surface area (Å²) in [6, 6.07) is 6.61. The molecular formula is C16H18BrNO5S. The van der Waals surface area contributed by atoms with E-state index < -0.39 is 15.8 Å². The van der Waals surface area contributed by atoms with Crippen LogP contribution in [-0.4, -0.2) is 55.4 Å². The molecule has 1 aliphatic carbocycles. The first-order valence-electron chi connectivity index (χ1n) is 7.80. The second kappa shape index (κ2) is 6.84. The Balaban J connectivity index is 1.63. The van der Waals surface area contributed by atoms with E-state index in [0.717, 1.165) is 12.8 Å². The number of halogens is 1. The van der Waals surface area contributed by atoms with Crippen molar-refractivity contribution in [1.29, 1.82) is 0 Å². The third-order valence-corrected chi connectivity index (χ3v) is 6.69. The van der Waals surface area contributed by atoms with Crippen molar-refractivity contribution in [3.63, 3.8) is 0 Å². The first-order valence-corrected chi connectivity index (χ1v) is 10.4. The SMILES string of the molecule is O=C(OCC(=O)N(C1CC1)[C@@H]1CCS(=O)(=O)C1)c1ccccc1Br. The Morgan fingerprint density at radius 2 is 1.88 bits per heavy atom. The van der Waals surface area contributed by atoms with Crippen molar-refractivity contribution in [2.24, 2.45) is 0 Å². The van der Waals surface area contributed by atoms with Gasteiger partial charge in [0.05, 0.1) is 17.1 Å². The van der Waals surface area contributed by atoms with Gasteiger partial charge in [0.15, 0.2) is 16.4 Å². The van der Waals surface area contributed by atoms with Gasteiger partial charge in [-0.15, -0.1) is 0 Å². The maximum Gasteiger partial charge on any atom is 0.339 e. The van der Waals surface area contributed by atoms with Crippen LogP contribution in [0.3, 0.4) is 0 Å². The molecule has 6 nitrogen and oxygen atoms in total. The molecule has 1 amide bonds. The van der Waals surface area contributed by atoms with Crippen molar-refractivity contribution in [2.75, 3.05) is 18.1 Å². The number of hydrogen-bond donors (Lipinski definition) is 0. The van der Waals surface area contributed by atoms with Crippen molar-refractivity contribution in [3.8, 4) is 0 Å². The van der Waals surface area contributed by atoms with E-state index in [1.54, 1.807) is 29.2 Å². The highest BCUT2D eigenvalue weighted by Gasteiger charge is 2.42. The fourth-order valence-electron chi connectivity index (χ4n) is 2.96. The van der Waals surface area contributed by atoms with E-state index in [9.17, 15) is 18.0 Å². The molecule has 1 atom stereocenters. The summed E-state index contributed by atoms with van der Waals surface area (Å²) in [5.41, 5.74) is 0.353. The smallest absolute Gasteiger partial charge is 0.339 e. The minimum atomic E-state index is -3.07. The Kier molecular flexibility index (Phi) is 4.96. The topological polar surface area (TPSA) is 80.8 Å². The zero-order valence-electron chi connectivity index (χ0n) is 13.0. The molecule has 3 rings (SSSR count). The predicted molar refractivity (Wildman–Crippen MR) is 91.4 cm³/mol. The highest BCUT2D eigenvalue weighted by Crippen LogP contribution is 2.32. The van der Waals surface area contributed by atoms with Gasteiger partial charge >= 0.3 is 5.97 Å². The Labute approximate surface area is 149 Å². The summed E-state index contributed by atoms with van der Waals surface area (Å²) in [4.78, 5) is 26.2. The van der Waals surface area contributed by atoms with Crippen LogP contribution in [0.4, 0.5) is 0 Å². The van der Waals surface area contributed by atoms with Gasteiger partial charge in [-0.3, -0.25) is 4.79 Å². The number of rotatable bonds is 5. The number of hydrogen-bond acceptors (Lipinski definition) is 5. The highest BCUT2D eigenvalue weighted by atomic mass is 79.9. The lowest BCUT2D eigenvalue weighted by molar-refractivity contribution is -0.137. The van der Waals surface area contributed by atoms with E-state index in [-0.39, 0.29) is 36.1 Å². The lowest BCUT2D eigenvalue weighted by atomic mass is 10.2. The normalized spacial score (nSPS) is 22.1. The van der Waals surface area contributed by atoms with Crippen molar-refractivity contribution >= 4 is 37.6 Å². The van der Waals surface area contributed by atoms with Gasteiger partial charge in [-0.2, -0.15) is 0 Å². The van der Waals surface area contributed by atoms with Crippen LogP contribution in [0.25, 0.3) is 0 Å². The van der Waals surface area contributed by atoms with Gasteiger partial charge < -0.3 is 9.64 Å². The molecular weight excluding hydrogens is 398 g/mol. The summed E-state index contributed by atoms with van der Waals surface area (Å²) in [6.45, 7) is -0.368. The average Bonchev–Trinajstić information content (AvgIpc) is 3.29. The third-order valence-electron chi connectivity index (χ3n) is 4.25. The second-order valence-corrected chi connectivity index (χ2v) is 9.23. The number of benzene rings is 1. The molecule has 0 N–H and O–H groups in total. The number of carbonyl (C=O) groups is 2. The highest BCUT2D eigenvalue weighted by molar-refractivity contribution is 9.10. The molecule has 0 aromatic heterocycles. The number of ether oxygens (including phenoxy) is 1. The van der Waals surface area contributed by atoms with Gasteiger partial charge in [0, 0.05) is 16.6 Å². The molecule has 24 heavy (non-hydrogen) atoms. The van der Waals surface area contributed by atoms with Gasteiger partial charge in [-0.1, -0.05) is 12.1 Å². The maximum absolute atomic E-state index is 12.5. The van der Waals surface area contributed by atoms with E-state index in [1.165, 1.54) is 0 Å². The Morgan fingerprint density at radius 3 is 2.46 bits per heavy atom. The summed E-state index contributed by atoms with van der Waals surface area (Å²) < 4.78 is 29.1. The molecule has 8 heteroatoms.